The largest absolute Gasteiger partial charge is 0.453 e. The second-order valence-corrected chi connectivity index (χ2v) is 5.72. The van der Waals surface area contributed by atoms with Crippen LogP contribution in [0.25, 0.3) is 11.0 Å². The molecule has 19 heavy (non-hydrogen) atoms. The van der Waals surface area contributed by atoms with Crippen LogP contribution in [0.5, 0.6) is 0 Å². The van der Waals surface area contributed by atoms with Crippen molar-refractivity contribution in [3.8, 4) is 0 Å². The number of rotatable bonds is 3. The van der Waals surface area contributed by atoms with Gasteiger partial charge in [0.15, 0.2) is 5.76 Å². The Balaban J connectivity index is 2.02. The van der Waals surface area contributed by atoms with E-state index >= 15 is 0 Å². The van der Waals surface area contributed by atoms with Crippen LogP contribution in [0.1, 0.15) is 30.8 Å². The normalized spacial score (nSPS) is 23.3. The first-order chi connectivity index (χ1) is 9.13. The van der Waals surface area contributed by atoms with Crippen LogP contribution < -0.4 is 5.32 Å². The monoisotopic (exact) mass is 257 g/mol. The van der Waals surface area contributed by atoms with Crippen molar-refractivity contribution in [2.75, 3.05) is 13.1 Å². The molecule has 1 aromatic heterocycles. The molecule has 3 nitrogen and oxygen atoms in total. The first kappa shape index (κ1) is 12.4. The van der Waals surface area contributed by atoms with Gasteiger partial charge in [0, 0.05) is 11.9 Å². The zero-order valence-electron chi connectivity index (χ0n) is 11.4. The number of furan rings is 1. The molecule has 1 N–H and O–H groups in total. The molecule has 2 aromatic rings. The first-order valence-electron chi connectivity index (χ1n) is 6.87. The quantitative estimate of drug-likeness (QED) is 0.858. The van der Waals surface area contributed by atoms with Gasteiger partial charge in [-0.3, -0.25) is 4.79 Å². The van der Waals surface area contributed by atoms with Crippen molar-refractivity contribution in [1.82, 2.24) is 5.32 Å². The van der Waals surface area contributed by atoms with Crippen molar-refractivity contribution >= 4 is 16.8 Å². The number of ketones is 1. The molecule has 1 aromatic carbocycles. The van der Waals surface area contributed by atoms with E-state index < -0.39 is 0 Å². The third kappa shape index (κ3) is 1.89. The molecule has 1 aliphatic heterocycles. The Morgan fingerprint density at radius 3 is 2.79 bits per heavy atom. The average molecular weight is 257 g/mol. The SMILES string of the molecule is CC(C)C1(C(=O)c2cc3ccccc3o2)CCNC1. The predicted octanol–water partition coefficient (Wildman–Crippen LogP) is 3.25. The summed E-state index contributed by atoms with van der Waals surface area (Å²) < 4.78 is 5.74. The Bertz CT molecular complexity index is 573. The zero-order valence-corrected chi connectivity index (χ0v) is 11.4. The van der Waals surface area contributed by atoms with E-state index in [0.29, 0.717) is 11.7 Å². The molecule has 0 spiro atoms. The van der Waals surface area contributed by atoms with E-state index in [-0.39, 0.29) is 11.2 Å². The van der Waals surface area contributed by atoms with E-state index in [9.17, 15) is 4.79 Å². The summed E-state index contributed by atoms with van der Waals surface area (Å²) in [6.45, 7) is 5.89. The zero-order chi connectivity index (χ0) is 13.5. The summed E-state index contributed by atoms with van der Waals surface area (Å²) in [5.74, 6) is 0.950. The summed E-state index contributed by atoms with van der Waals surface area (Å²) in [5, 5.41) is 4.31. The minimum absolute atomic E-state index is 0.142. The van der Waals surface area contributed by atoms with Crippen LogP contribution in [0.4, 0.5) is 0 Å². The fourth-order valence-electron chi connectivity index (χ4n) is 3.00. The topological polar surface area (TPSA) is 42.2 Å². The number of para-hydroxylation sites is 1. The summed E-state index contributed by atoms with van der Waals surface area (Å²) in [7, 11) is 0. The van der Waals surface area contributed by atoms with E-state index in [0.717, 1.165) is 30.5 Å². The van der Waals surface area contributed by atoms with Crippen LogP contribution in [0.15, 0.2) is 34.7 Å². The van der Waals surface area contributed by atoms with Crippen molar-refractivity contribution < 1.29 is 9.21 Å². The van der Waals surface area contributed by atoms with Crippen LogP contribution in [0.2, 0.25) is 0 Å². The maximum absolute atomic E-state index is 12.8. The molecule has 0 amide bonds. The van der Waals surface area contributed by atoms with Gasteiger partial charge in [-0.25, -0.2) is 0 Å². The molecule has 3 rings (SSSR count). The Hall–Kier alpha value is -1.61. The molecular weight excluding hydrogens is 238 g/mol. The minimum atomic E-state index is -0.312. The fraction of sp³-hybridized carbons (Fsp3) is 0.438. The van der Waals surface area contributed by atoms with Gasteiger partial charge in [0.25, 0.3) is 0 Å². The second-order valence-electron chi connectivity index (χ2n) is 5.72. The molecule has 0 bridgehead atoms. The smallest absolute Gasteiger partial charge is 0.205 e. The fourth-order valence-corrected chi connectivity index (χ4v) is 3.00. The maximum Gasteiger partial charge on any atom is 0.205 e. The number of nitrogens with one attached hydrogen (secondary N) is 1. The second kappa shape index (κ2) is 4.49. The van der Waals surface area contributed by atoms with Crippen molar-refractivity contribution in [1.29, 1.82) is 0 Å². The van der Waals surface area contributed by atoms with Gasteiger partial charge >= 0.3 is 0 Å². The van der Waals surface area contributed by atoms with Crippen LogP contribution in [0, 0.1) is 11.3 Å². The van der Waals surface area contributed by atoms with Crippen molar-refractivity contribution in [3.63, 3.8) is 0 Å². The summed E-state index contributed by atoms with van der Waals surface area (Å²) in [6.07, 6.45) is 0.889. The van der Waals surface area contributed by atoms with Gasteiger partial charge in [0.1, 0.15) is 5.58 Å². The van der Waals surface area contributed by atoms with E-state index in [1.165, 1.54) is 0 Å². The van der Waals surface area contributed by atoms with Gasteiger partial charge in [0.2, 0.25) is 5.78 Å². The average Bonchev–Trinajstić information content (AvgIpc) is 3.05. The number of carbonyl (C=O) groups excluding carboxylic acids is 1. The van der Waals surface area contributed by atoms with Gasteiger partial charge in [-0.15, -0.1) is 0 Å². The Kier molecular flexibility index (Phi) is 2.94. The molecule has 1 saturated heterocycles. The number of benzene rings is 1. The third-order valence-corrected chi connectivity index (χ3v) is 4.40. The van der Waals surface area contributed by atoms with Gasteiger partial charge in [-0.05, 0) is 31.0 Å². The molecule has 2 heterocycles. The summed E-state index contributed by atoms with van der Waals surface area (Å²) in [5.41, 5.74) is 0.476. The molecule has 0 radical (unpaired) electrons. The molecule has 3 heteroatoms. The van der Waals surface area contributed by atoms with Gasteiger partial charge < -0.3 is 9.73 Å². The van der Waals surface area contributed by atoms with E-state index in [2.05, 4.69) is 19.2 Å². The molecular formula is C16H19NO2. The lowest BCUT2D eigenvalue weighted by Gasteiger charge is -2.29. The molecule has 1 fully saturated rings. The number of carbonyl (C=O) groups is 1. The van der Waals surface area contributed by atoms with E-state index in [1.54, 1.807) is 0 Å². The Labute approximate surface area is 113 Å². The highest BCUT2D eigenvalue weighted by molar-refractivity contribution is 6.01. The van der Waals surface area contributed by atoms with Crippen LogP contribution in [0.3, 0.4) is 0 Å². The number of Topliss-reactive ketones (excluding diaryl/α,β-unsaturated/α-hetero) is 1. The summed E-state index contributed by atoms with van der Waals surface area (Å²) in [4.78, 5) is 12.8. The number of fused-ring (bicyclic) bond motifs is 1. The van der Waals surface area contributed by atoms with Crippen LogP contribution >= 0.6 is 0 Å². The number of hydrogen-bond acceptors (Lipinski definition) is 3. The first-order valence-corrected chi connectivity index (χ1v) is 6.87. The van der Waals surface area contributed by atoms with E-state index in [4.69, 9.17) is 4.42 Å². The standard InChI is InChI=1S/C16H19NO2/c1-11(2)16(7-8-17-10-16)15(18)14-9-12-5-3-4-6-13(12)19-14/h3-6,9,11,17H,7-8,10H2,1-2H3. The van der Waals surface area contributed by atoms with E-state index in [1.807, 2.05) is 30.3 Å². The third-order valence-electron chi connectivity index (χ3n) is 4.40. The van der Waals surface area contributed by atoms with Crippen molar-refractivity contribution in [3.05, 3.63) is 36.1 Å². The lowest BCUT2D eigenvalue weighted by molar-refractivity contribution is 0.0711. The summed E-state index contributed by atoms with van der Waals surface area (Å²) in [6, 6.07) is 9.64. The highest BCUT2D eigenvalue weighted by Gasteiger charge is 2.45. The molecule has 1 atom stereocenters. The predicted molar refractivity (Wildman–Crippen MR) is 75.3 cm³/mol. The van der Waals surface area contributed by atoms with Gasteiger partial charge in [-0.1, -0.05) is 32.0 Å². The van der Waals surface area contributed by atoms with Gasteiger partial charge in [-0.2, -0.15) is 0 Å². The molecule has 0 aliphatic carbocycles. The summed E-state index contributed by atoms with van der Waals surface area (Å²) >= 11 is 0. The highest BCUT2D eigenvalue weighted by Crippen LogP contribution is 2.38. The van der Waals surface area contributed by atoms with Crippen LogP contribution in [-0.2, 0) is 0 Å². The van der Waals surface area contributed by atoms with Crippen LogP contribution in [-0.4, -0.2) is 18.9 Å². The van der Waals surface area contributed by atoms with Crippen molar-refractivity contribution in [2.45, 2.75) is 20.3 Å². The molecule has 100 valence electrons. The van der Waals surface area contributed by atoms with Gasteiger partial charge in [0.05, 0.1) is 5.41 Å². The molecule has 1 aliphatic rings. The Morgan fingerprint density at radius 1 is 1.37 bits per heavy atom. The van der Waals surface area contributed by atoms with Crippen molar-refractivity contribution in [2.24, 2.45) is 11.3 Å². The highest BCUT2D eigenvalue weighted by atomic mass is 16.3. The lowest BCUT2D eigenvalue weighted by atomic mass is 9.72. The molecule has 1 unspecified atom stereocenters. The lowest BCUT2D eigenvalue weighted by Crippen LogP contribution is -2.38. The maximum atomic E-state index is 12.8. The minimum Gasteiger partial charge on any atom is -0.453 e. The Morgan fingerprint density at radius 2 is 2.16 bits per heavy atom. The molecule has 0 saturated carbocycles. The number of hydrogen-bond donors (Lipinski definition) is 1.